The summed E-state index contributed by atoms with van der Waals surface area (Å²) < 4.78 is 0. The lowest BCUT2D eigenvalue weighted by Gasteiger charge is -2.22. The van der Waals surface area contributed by atoms with Gasteiger partial charge in [0.05, 0.1) is 10.7 Å². The second kappa shape index (κ2) is 6.46. The molecule has 0 unspecified atom stereocenters. The number of nitrogens with zero attached hydrogens (tertiary/aromatic N) is 2. The maximum absolute atomic E-state index is 6.25. The lowest BCUT2D eigenvalue weighted by Crippen LogP contribution is -2.35. The Labute approximate surface area is 132 Å². The lowest BCUT2D eigenvalue weighted by molar-refractivity contribution is 0.421. The summed E-state index contributed by atoms with van der Waals surface area (Å²) in [6.45, 7) is 7.03. The SMILES string of the molecule is CN(c1ccccc1)c1ccc(Cl)c(CNC(C)(C)C)n1. The van der Waals surface area contributed by atoms with E-state index in [0.717, 1.165) is 17.2 Å². The van der Waals surface area contributed by atoms with Gasteiger partial charge in [-0.1, -0.05) is 29.8 Å². The second-order valence-electron chi connectivity index (χ2n) is 6.10. The molecule has 2 rings (SSSR count). The lowest BCUT2D eigenvalue weighted by atomic mass is 10.1. The Bertz CT molecular complexity index is 591. The summed E-state index contributed by atoms with van der Waals surface area (Å²) in [4.78, 5) is 6.74. The molecule has 0 bridgehead atoms. The number of aromatic nitrogens is 1. The third kappa shape index (κ3) is 4.45. The minimum atomic E-state index is 0.0341. The van der Waals surface area contributed by atoms with Gasteiger partial charge in [-0.3, -0.25) is 0 Å². The average molecular weight is 304 g/mol. The largest absolute Gasteiger partial charge is 0.329 e. The number of anilines is 2. The third-order valence-electron chi connectivity index (χ3n) is 3.18. The number of hydrogen-bond donors (Lipinski definition) is 1. The molecule has 1 heterocycles. The van der Waals surface area contributed by atoms with Gasteiger partial charge >= 0.3 is 0 Å². The van der Waals surface area contributed by atoms with Crippen molar-refractivity contribution in [2.45, 2.75) is 32.9 Å². The predicted octanol–water partition coefficient (Wildman–Crippen LogP) is 4.39. The van der Waals surface area contributed by atoms with Gasteiger partial charge in [0.25, 0.3) is 0 Å². The first kappa shape index (κ1) is 15.8. The highest BCUT2D eigenvalue weighted by Gasteiger charge is 2.13. The number of halogens is 1. The van der Waals surface area contributed by atoms with E-state index in [0.29, 0.717) is 11.6 Å². The fourth-order valence-electron chi connectivity index (χ4n) is 1.92. The second-order valence-corrected chi connectivity index (χ2v) is 6.50. The molecule has 21 heavy (non-hydrogen) atoms. The molecule has 0 aliphatic heterocycles. The van der Waals surface area contributed by atoms with Crippen molar-refractivity contribution in [3.63, 3.8) is 0 Å². The molecule has 0 saturated heterocycles. The molecule has 0 atom stereocenters. The van der Waals surface area contributed by atoms with Gasteiger partial charge in [-0.2, -0.15) is 0 Å². The van der Waals surface area contributed by atoms with Crippen LogP contribution in [0.3, 0.4) is 0 Å². The molecule has 0 fully saturated rings. The van der Waals surface area contributed by atoms with Gasteiger partial charge in [0, 0.05) is 24.8 Å². The van der Waals surface area contributed by atoms with Gasteiger partial charge in [0.1, 0.15) is 5.82 Å². The van der Waals surface area contributed by atoms with Crippen molar-refractivity contribution in [1.82, 2.24) is 10.3 Å². The van der Waals surface area contributed by atoms with Crippen molar-refractivity contribution in [1.29, 1.82) is 0 Å². The summed E-state index contributed by atoms with van der Waals surface area (Å²) in [5.41, 5.74) is 2.00. The molecular weight excluding hydrogens is 282 g/mol. The molecule has 0 spiro atoms. The smallest absolute Gasteiger partial charge is 0.133 e. The monoisotopic (exact) mass is 303 g/mol. The minimum Gasteiger partial charge on any atom is -0.329 e. The zero-order chi connectivity index (χ0) is 15.5. The van der Waals surface area contributed by atoms with Crippen molar-refractivity contribution >= 4 is 23.1 Å². The summed E-state index contributed by atoms with van der Waals surface area (Å²) >= 11 is 6.25. The van der Waals surface area contributed by atoms with E-state index in [2.05, 4.69) is 48.1 Å². The van der Waals surface area contributed by atoms with Crippen LogP contribution in [0.2, 0.25) is 5.02 Å². The number of benzene rings is 1. The van der Waals surface area contributed by atoms with Crippen LogP contribution in [-0.4, -0.2) is 17.6 Å². The van der Waals surface area contributed by atoms with E-state index in [9.17, 15) is 0 Å². The Morgan fingerprint density at radius 2 is 1.76 bits per heavy atom. The molecule has 1 aromatic carbocycles. The molecule has 1 aromatic heterocycles. The molecule has 1 N–H and O–H groups in total. The molecule has 0 aliphatic rings. The van der Waals surface area contributed by atoms with Crippen molar-refractivity contribution in [3.05, 3.63) is 53.2 Å². The molecule has 3 nitrogen and oxygen atoms in total. The van der Waals surface area contributed by atoms with Crippen molar-refractivity contribution in [2.75, 3.05) is 11.9 Å². The van der Waals surface area contributed by atoms with E-state index in [1.54, 1.807) is 0 Å². The van der Waals surface area contributed by atoms with Gasteiger partial charge in [-0.25, -0.2) is 4.98 Å². The Morgan fingerprint density at radius 1 is 1.10 bits per heavy atom. The first-order valence-electron chi connectivity index (χ1n) is 7.06. The summed E-state index contributed by atoms with van der Waals surface area (Å²) in [5, 5.41) is 4.11. The van der Waals surface area contributed by atoms with Crippen LogP contribution in [0.1, 0.15) is 26.5 Å². The molecule has 4 heteroatoms. The van der Waals surface area contributed by atoms with Gasteiger partial charge in [-0.15, -0.1) is 0 Å². The van der Waals surface area contributed by atoms with Crippen LogP contribution < -0.4 is 10.2 Å². The first-order chi connectivity index (χ1) is 9.87. The van der Waals surface area contributed by atoms with Crippen molar-refractivity contribution in [2.24, 2.45) is 0 Å². The first-order valence-corrected chi connectivity index (χ1v) is 7.44. The van der Waals surface area contributed by atoms with E-state index < -0.39 is 0 Å². The Hall–Kier alpha value is -1.58. The maximum Gasteiger partial charge on any atom is 0.133 e. The molecule has 0 saturated carbocycles. The topological polar surface area (TPSA) is 28.2 Å². The van der Waals surface area contributed by atoms with Crippen LogP contribution >= 0.6 is 11.6 Å². The van der Waals surface area contributed by atoms with Gasteiger partial charge in [0.2, 0.25) is 0 Å². The van der Waals surface area contributed by atoms with Crippen LogP contribution in [0.15, 0.2) is 42.5 Å². The molecule has 0 amide bonds. The molecular formula is C17H22ClN3. The summed E-state index contributed by atoms with van der Waals surface area (Å²) in [7, 11) is 2.01. The number of para-hydroxylation sites is 1. The van der Waals surface area contributed by atoms with Gasteiger partial charge in [-0.05, 0) is 45.0 Å². The van der Waals surface area contributed by atoms with E-state index in [1.165, 1.54) is 0 Å². The van der Waals surface area contributed by atoms with Crippen LogP contribution in [-0.2, 0) is 6.54 Å². The van der Waals surface area contributed by atoms with Crippen LogP contribution in [0, 0.1) is 0 Å². The minimum absolute atomic E-state index is 0.0341. The van der Waals surface area contributed by atoms with Crippen molar-refractivity contribution in [3.8, 4) is 0 Å². The normalized spacial score (nSPS) is 11.5. The molecule has 112 valence electrons. The highest BCUT2D eigenvalue weighted by Crippen LogP contribution is 2.24. The molecule has 2 aromatic rings. The quantitative estimate of drug-likeness (QED) is 0.908. The summed E-state index contributed by atoms with van der Waals surface area (Å²) in [5.74, 6) is 0.885. The van der Waals surface area contributed by atoms with Crippen LogP contribution in [0.5, 0.6) is 0 Å². The van der Waals surface area contributed by atoms with Gasteiger partial charge in [0.15, 0.2) is 0 Å². The van der Waals surface area contributed by atoms with E-state index in [1.807, 2.05) is 37.4 Å². The fourth-order valence-corrected chi connectivity index (χ4v) is 2.09. The average Bonchev–Trinajstić information content (AvgIpc) is 2.46. The van der Waals surface area contributed by atoms with E-state index in [-0.39, 0.29) is 5.54 Å². The standard InChI is InChI=1S/C17H22ClN3/c1-17(2,3)19-12-15-14(18)10-11-16(20-15)21(4)13-8-6-5-7-9-13/h5-11,19H,12H2,1-4H3. The Morgan fingerprint density at radius 3 is 2.38 bits per heavy atom. The highest BCUT2D eigenvalue weighted by atomic mass is 35.5. The fraction of sp³-hybridized carbons (Fsp3) is 0.353. The third-order valence-corrected chi connectivity index (χ3v) is 3.52. The number of rotatable bonds is 4. The Kier molecular flexibility index (Phi) is 4.86. The van der Waals surface area contributed by atoms with Crippen LogP contribution in [0.4, 0.5) is 11.5 Å². The Balaban J connectivity index is 2.22. The maximum atomic E-state index is 6.25. The molecule has 0 aliphatic carbocycles. The zero-order valence-corrected chi connectivity index (χ0v) is 13.8. The zero-order valence-electron chi connectivity index (χ0n) is 13.0. The number of pyridine rings is 1. The van der Waals surface area contributed by atoms with Crippen molar-refractivity contribution < 1.29 is 0 Å². The van der Waals surface area contributed by atoms with E-state index >= 15 is 0 Å². The number of hydrogen-bond acceptors (Lipinski definition) is 3. The number of nitrogens with one attached hydrogen (secondary N) is 1. The molecule has 0 radical (unpaired) electrons. The summed E-state index contributed by atoms with van der Waals surface area (Å²) in [6.07, 6.45) is 0. The van der Waals surface area contributed by atoms with Gasteiger partial charge < -0.3 is 10.2 Å². The van der Waals surface area contributed by atoms with Crippen LogP contribution in [0.25, 0.3) is 0 Å². The van der Waals surface area contributed by atoms with E-state index in [4.69, 9.17) is 11.6 Å². The highest BCUT2D eigenvalue weighted by molar-refractivity contribution is 6.31. The summed E-state index contributed by atoms with van der Waals surface area (Å²) in [6, 6.07) is 14.0. The predicted molar refractivity (Wildman–Crippen MR) is 90.3 cm³/mol.